The molecule has 2 heterocycles. The van der Waals surface area contributed by atoms with E-state index in [1.165, 1.54) is 11.8 Å². The van der Waals surface area contributed by atoms with Crippen molar-refractivity contribution in [3.63, 3.8) is 0 Å². The topological polar surface area (TPSA) is 52.1 Å². The Bertz CT molecular complexity index is 846. The molecule has 0 radical (unpaired) electrons. The largest absolute Gasteiger partial charge is 0.431 e. The zero-order chi connectivity index (χ0) is 16.2. The van der Waals surface area contributed by atoms with Crippen LogP contribution in [0.15, 0.2) is 87.2 Å². The van der Waals surface area contributed by atoms with Crippen LogP contribution in [0.3, 0.4) is 0 Å². The lowest BCUT2D eigenvalue weighted by molar-refractivity contribution is 0.414. The van der Waals surface area contributed by atoms with E-state index in [1.807, 2.05) is 66.7 Å². The molecule has 5 heteroatoms. The van der Waals surface area contributed by atoms with Gasteiger partial charge in [0.2, 0.25) is 0 Å². The lowest BCUT2D eigenvalue weighted by Crippen LogP contribution is -1.82. The van der Waals surface area contributed by atoms with Crippen LogP contribution in [0, 0.1) is 0 Å². The zero-order valence-electron chi connectivity index (χ0n) is 12.8. The van der Waals surface area contributed by atoms with Crippen molar-refractivity contribution in [1.82, 2.24) is 10.1 Å². The fourth-order valence-corrected chi connectivity index (χ4v) is 3.11. The molecule has 4 aromatic rings. The number of nitrogens with zero attached hydrogens (tertiary/aromatic N) is 2. The summed E-state index contributed by atoms with van der Waals surface area (Å²) < 4.78 is 10.9. The molecule has 0 fully saturated rings. The monoisotopic (exact) mass is 334 g/mol. The highest BCUT2D eigenvalue weighted by Gasteiger charge is 2.17. The SMILES string of the molecule is c1ccc(-c2nc(SCc3ccon3)oc2-c2ccccc2)cc1. The van der Waals surface area contributed by atoms with Gasteiger partial charge in [-0.1, -0.05) is 77.6 Å². The summed E-state index contributed by atoms with van der Waals surface area (Å²) >= 11 is 1.50. The van der Waals surface area contributed by atoms with E-state index in [-0.39, 0.29) is 0 Å². The van der Waals surface area contributed by atoms with Gasteiger partial charge in [-0.15, -0.1) is 0 Å². The molecule has 24 heavy (non-hydrogen) atoms. The number of hydrogen-bond acceptors (Lipinski definition) is 5. The molecule has 0 atom stereocenters. The van der Waals surface area contributed by atoms with Crippen LogP contribution in [-0.4, -0.2) is 10.1 Å². The van der Waals surface area contributed by atoms with Crippen LogP contribution in [0.25, 0.3) is 22.6 Å². The summed E-state index contributed by atoms with van der Waals surface area (Å²) in [7, 11) is 0. The van der Waals surface area contributed by atoms with Gasteiger partial charge in [0, 0.05) is 22.9 Å². The summed E-state index contributed by atoms with van der Waals surface area (Å²) in [4.78, 5) is 4.69. The van der Waals surface area contributed by atoms with Crippen molar-refractivity contribution in [3.05, 3.63) is 78.7 Å². The van der Waals surface area contributed by atoms with Gasteiger partial charge in [-0.05, 0) is 0 Å². The third-order valence-electron chi connectivity index (χ3n) is 3.53. The van der Waals surface area contributed by atoms with E-state index < -0.39 is 0 Å². The van der Waals surface area contributed by atoms with E-state index >= 15 is 0 Å². The van der Waals surface area contributed by atoms with Crippen molar-refractivity contribution in [3.8, 4) is 22.6 Å². The number of rotatable bonds is 5. The van der Waals surface area contributed by atoms with Crippen LogP contribution in [-0.2, 0) is 5.75 Å². The molecule has 0 aliphatic carbocycles. The first kappa shape index (κ1) is 14.8. The normalized spacial score (nSPS) is 10.8. The maximum atomic E-state index is 6.05. The molecule has 118 valence electrons. The highest BCUT2D eigenvalue weighted by atomic mass is 32.2. The third-order valence-corrected chi connectivity index (χ3v) is 4.39. The van der Waals surface area contributed by atoms with Gasteiger partial charge in [0.25, 0.3) is 5.22 Å². The smallest absolute Gasteiger partial charge is 0.257 e. The van der Waals surface area contributed by atoms with Gasteiger partial charge in [0.1, 0.15) is 12.0 Å². The summed E-state index contributed by atoms with van der Waals surface area (Å²) in [6.07, 6.45) is 1.57. The Hall–Kier alpha value is -2.79. The number of oxazole rings is 1. The predicted octanol–water partition coefficient (Wildman–Crippen LogP) is 5.29. The van der Waals surface area contributed by atoms with Gasteiger partial charge in [0.05, 0.1) is 5.69 Å². The summed E-state index contributed by atoms with van der Waals surface area (Å²) in [6.45, 7) is 0. The summed E-state index contributed by atoms with van der Waals surface area (Å²) in [5.74, 6) is 1.43. The van der Waals surface area contributed by atoms with Crippen LogP contribution in [0.2, 0.25) is 0 Å². The Morgan fingerprint density at radius 2 is 1.54 bits per heavy atom. The second-order valence-electron chi connectivity index (χ2n) is 5.17. The van der Waals surface area contributed by atoms with Crippen molar-refractivity contribution in [2.24, 2.45) is 0 Å². The van der Waals surface area contributed by atoms with Crippen molar-refractivity contribution in [1.29, 1.82) is 0 Å². The standard InChI is InChI=1S/C19H14N2O2S/c1-3-7-14(8-4-1)17-18(15-9-5-2-6-10-15)23-19(20-17)24-13-16-11-12-22-21-16/h1-12H,13H2. The second kappa shape index (κ2) is 6.76. The average Bonchev–Trinajstić information content (AvgIpc) is 3.31. The first-order valence-corrected chi connectivity index (χ1v) is 8.52. The van der Waals surface area contributed by atoms with Crippen molar-refractivity contribution >= 4 is 11.8 Å². The van der Waals surface area contributed by atoms with Crippen LogP contribution in [0.1, 0.15) is 5.69 Å². The minimum absolute atomic E-state index is 0.621. The van der Waals surface area contributed by atoms with Gasteiger partial charge in [-0.25, -0.2) is 4.98 Å². The molecule has 4 rings (SSSR count). The molecular weight excluding hydrogens is 320 g/mol. The number of hydrogen-bond donors (Lipinski definition) is 0. The molecule has 0 N–H and O–H groups in total. The van der Waals surface area contributed by atoms with Crippen LogP contribution < -0.4 is 0 Å². The second-order valence-corrected chi connectivity index (χ2v) is 6.10. The van der Waals surface area contributed by atoms with Gasteiger partial charge in [0.15, 0.2) is 5.76 Å². The minimum Gasteiger partial charge on any atom is -0.431 e. The average molecular weight is 334 g/mol. The first-order chi connectivity index (χ1) is 11.9. The first-order valence-electron chi connectivity index (χ1n) is 7.54. The lowest BCUT2D eigenvalue weighted by Gasteiger charge is -2.00. The third kappa shape index (κ3) is 3.12. The summed E-state index contributed by atoms with van der Waals surface area (Å²) in [5.41, 5.74) is 3.76. The molecule has 0 aliphatic heterocycles. The van der Waals surface area contributed by atoms with E-state index in [0.29, 0.717) is 11.0 Å². The zero-order valence-corrected chi connectivity index (χ0v) is 13.6. The molecule has 0 unspecified atom stereocenters. The van der Waals surface area contributed by atoms with Gasteiger partial charge >= 0.3 is 0 Å². The Labute approximate surface area is 143 Å². The Morgan fingerprint density at radius 3 is 2.21 bits per heavy atom. The molecule has 0 spiro atoms. The number of thioether (sulfide) groups is 1. The summed E-state index contributed by atoms with van der Waals surface area (Å²) in [5, 5.41) is 4.53. The number of aromatic nitrogens is 2. The van der Waals surface area contributed by atoms with Crippen molar-refractivity contribution < 1.29 is 8.94 Å². The molecule has 2 aromatic carbocycles. The predicted molar refractivity (Wildman–Crippen MR) is 93.4 cm³/mol. The van der Waals surface area contributed by atoms with E-state index in [2.05, 4.69) is 5.16 Å². The quantitative estimate of drug-likeness (QED) is 0.464. The van der Waals surface area contributed by atoms with Gasteiger partial charge < -0.3 is 8.94 Å². The highest BCUT2D eigenvalue weighted by molar-refractivity contribution is 7.98. The van der Waals surface area contributed by atoms with E-state index in [1.54, 1.807) is 6.26 Å². The molecule has 0 saturated heterocycles. The Balaban J connectivity index is 1.71. The Morgan fingerprint density at radius 1 is 0.833 bits per heavy atom. The Kier molecular flexibility index (Phi) is 4.16. The van der Waals surface area contributed by atoms with E-state index in [0.717, 1.165) is 28.3 Å². The van der Waals surface area contributed by atoms with Crippen molar-refractivity contribution in [2.45, 2.75) is 11.0 Å². The molecule has 0 amide bonds. The summed E-state index contributed by atoms with van der Waals surface area (Å²) in [6, 6.07) is 21.9. The van der Waals surface area contributed by atoms with Crippen LogP contribution in [0.5, 0.6) is 0 Å². The fourth-order valence-electron chi connectivity index (χ4n) is 2.39. The van der Waals surface area contributed by atoms with E-state index in [4.69, 9.17) is 13.9 Å². The van der Waals surface area contributed by atoms with Crippen LogP contribution in [0.4, 0.5) is 0 Å². The van der Waals surface area contributed by atoms with Crippen LogP contribution >= 0.6 is 11.8 Å². The minimum atomic E-state index is 0.621. The van der Waals surface area contributed by atoms with Gasteiger partial charge in [-0.3, -0.25) is 0 Å². The maximum absolute atomic E-state index is 6.05. The molecule has 2 aromatic heterocycles. The fraction of sp³-hybridized carbons (Fsp3) is 0.0526. The number of benzene rings is 2. The maximum Gasteiger partial charge on any atom is 0.257 e. The molecule has 0 aliphatic rings. The molecule has 4 nitrogen and oxygen atoms in total. The molecular formula is C19H14N2O2S. The molecule has 0 bridgehead atoms. The highest BCUT2D eigenvalue weighted by Crippen LogP contribution is 2.36. The van der Waals surface area contributed by atoms with Gasteiger partial charge in [-0.2, -0.15) is 0 Å². The lowest BCUT2D eigenvalue weighted by atomic mass is 10.1. The van der Waals surface area contributed by atoms with E-state index in [9.17, 15) is 0 Å². The molecule has 0 saturated carbocycles. The van der Waals surface area contributed by atoms with Crippen molar-refractivity contribution in [2.75, 3.05) is 0 Å².